The van der Waals surface area contributed by atoms with E-state index in [1.54, 1.807) is 31.2 Å². The molecule has 0 heterocycles. The maximum atomic E-state index is 14.1. The van der Waals surface area contributed by atoms with E-state index in [9.17, 15) is 28.1 Å². The summed E-state index contributed by atoms with van der Waals surface area (Å²) in [7, 11) is -4.37. The average molecular weight is 634 g/mol. The summed E-state index contributed by atoms with van der Waals surface area (Å²) in [5.74, 6) is -1.13. The zero-order valence-electron chi connectivity index (χ0n) is 22.8. The van der Waals surface area contributed by atoms with Gasteiger partial charge in [-0.05, 0) is 50.1 Å². The fourth-order valence-corrected chi connectivity index (χ4v) is 6.78. The van der Waals surface area contributed by atoms with Crippen LogP contribution in [0.15, 0.2) is 77.7 Å². The topological polar surface area (TPSA) is 130 Å². The van der Waals surface area contributed by atoms with Crippen LogP contribution in [0, 0.1) is 10.1 Å². The lowest BCUT2D eigenvalue weighted by molar-refractivity contribution is -0.384. The Labute approximate surface area is 254 Å². The van der Waals surface area contributed by atoms with Gasteiger partial charge in [-0.1, -0.05) is 66.4 Å². The van der Waals surface area contributed by atoms with E-state index < -0.39 is 39.3 Å². The lowest BCUT2D eigenvalue weighted by Crippen LogP contribution is -2.52. The van der Waals surface area contributed by atoms with Gasteiger partial charge in [0.1, 0.15) is 12.6 Å². The summed E-state index contributed by atoms with van der Waals surface area (Å²) in [5.41, 5.74) is -0.0417. The van der Waals surface area contributed by atoms with Gasteiger partial charge < -0.3 is 10.2 Å². The van der Waals surface area contributed by atoms with Gasteiger partial charge in [-0.3, -0.25) is 24.0 Å². The van der Waals surface area contributed by atoms with Crippen LogP contribution in [-0.4, -0.2) is 48.7 Å². The van der Waals surface area contributed by atoms with Crippen LogP contribution in [0.4, 0.5) is 11.4 Å². The number of amides is 2. The number of rotatable bonds is 11. The monoisotopic (exact) mass is 632 g/mol. The number of carbonyl (C=O) groups excluding carboxylic acids is 2. The first kappa shape index (κ1) is 31.3. The van der Waals surface area contributed by atoms with E-state index in [2.05, 4.69) is 5.32 Å². The van der Waals surface area contributed by atoms with Crippen LogP contribution < -0.4 is 9.62 Å². The number of hydrogen-bond acceptors (Lipinski definition) is 6. The minimum atomic E-state index is -4.37. The average Bonchev–Trinajstić information content (AvgIpc) is 3.49. The van der Waals surface area contributed by atoms with Crippen LogP contribution in [0.3, 0.4) is 0 Å². The minimum absolute atomic E-state index is 0.0133. The van der Waals surface area contributed by atoms with Gasteiger partial charge in [-0.2, -0.15) is 0 Å². The Morgan fingerprint density at radius 3 is 2.24 bits per heavy atom. The molecule has 3 aromatic rings. The highest BCUT2D eigenvalue weighted by molar-refractivity contribution is 7.92. The first-order valence-corrected chi connectivity index (χ1v) is 15.5. The summed E-state index contributed by atoms with van der Waals surface area (Å²) in [6, 6.07) is 16.3. The van der Waals surface area contributed by atoms with Crippen molar-refractivity contribution in [1.82, 2.24) is 10.2 Å². The number of benzene rings is 3. The zero-order valence-corrected chi connectivity index (χ0v) is 25.1. The van der Waals surface area contributed by atoms with Crippen LogP contribution in [0.2, 0.25) is 10.0 Å². The third-order valence-corrected chi connectivity index (χ3v) is 9.69. The molecule has 42 heavy (non-hydrogen) atoms. The number of hydrogen-bond donors (Lipinski definition) is 1. The molecule has 0 bridgehead atoms. The molecule has 13 heteroatoms. The molecule has 1 aliphatic carbocycles. The third kappa shape index (κ3) is 7.21. The molecular weight excluding hydrogens is 603 g/mol. The number of halogens is 2. The van der Waals surface area contributed by atoms with E-state index in [4.69, 9.17) is 23.2 Å². The van der Waals surface area contributed by atoms with E-state index in [0.29, 0.717) is 5.56 Å². The van der Waals surface area contributed by atoms with E-state index >= 15 is 0 Å². The second kappa shape index (κ2) is 13.5. The quantitative estimate of drug-likeness (QED) is 0.217. The fraction of sp³-hybridized carbons (Fsp3) is 0.310. The second-order valence-corrected chi connectivity index (χ2v) is 12.7. The summed E-state index contributed by atoms with van der Waals surface area (Å²) >= 11 is 12.8. The maximum Gasteiger partial charge on any atom is 0.271 e. The molecule has 1 aliphatic rings. The van der Waals surface area contributed by atoms with Crippen molar-refractivity contribution in [3.05, 3.63) is 98.5 Å². The Hall–Kier alpha value is -3.67. The van der Waals surface area contributed by atoms with E-state index in [1.807, 2.05) is 0 Å². The predicted octanol–water partition coefficient (Wildman–Crippen LogP) is 5.57. The van der Waals surface area contributed by atoms with Gasteiger partial charge in [-0.25, -0.2) is 8.42 Å². The van der Waals surface area contributed by atoms with Gasteiger partial charge >= 0.3 is 0 Å². The molecule has 0 saturated heterocycles. The van der Waals surface area contributed by atoms with Crippen molar-refractivity contribution in [2.24, 2.45) is 0 Å². The van der Waals surface area contributed by atoms with E-state index in [1.165, 1.54) is 47.4 Å². The molecule has 222 valence electrons. The van der Waals surface area contributed by atoms with Crippen LogP contribution in [0.1, 0.15) is 38.2 Å². The van der Waals surface area contributed by atoms with E-state index in [0.717, 1.165) is 36.1 Å². The summed E-state index contributed by atoms with van der Waals surface area (Å²) in [4.78, 5) is 39.3. The molecule has 2 amide bonds. The standard InChI is InChI=1S/C29H30Cl2N4O6S/c1-20(29(37)32-21-9-5-6-10-21)33(18-25-26(30)15-8-16-27(25)31)28(36)19-34(22-11-7-12-23(17-22)35(38)39)42(40,41)24-13-3-2-4-14-24/h2-4,7-8,11-17,20-21H,5-6,9-10,18-19H2,1H3,(H,32,37). The van der Waals surface area contributed by atoms with Crippen molar-refractivity contribution in [3.8, 4) is 0 Å². The Bertz CT molecular complexity index is 1550. The van der Waals surface area contributed by atoms with Gasteiger partial charge in [0.15, 0.2) is 0 Å². The molecule has 1 fully saturated rings. The zero-order chi connectivity index (χ0) is 30.4. The van der Waals surface area contributed by atoms with Crippen molar-refractivity contribution >= 4 is 56.4 Å². The van der Waals surface area contributed by atoms with Crippen molar-refractivity contribution < 1.29 is 22.9 Å². The highest BCUT2D eigenvalue weighted by atomic mass is 35.5. The smallest absolute Gasteiger partial charge is 0.271 e. The lowest BCUT2D eigenvalue weighted by atomic mass is 10.1. The Morgan fingerprint density at radius 2 is 1.62 bits per heavy atom. The van der Waals surface area contributed by atoms with Gasteiger partial charge in [0.25, 0.3) is 15.7 Å². The highest BCUT2D eigenvalue weighted by Crippen LogP contribution is 2.30. The van der Waals surface area contributed by atoms with Crippen molar-refractivity contribution in [2.45, 2.75) is 56.1 Å². The summed E-state index contributed by atoms with van der Waals surface area (Å²) in [5, 5.41) is 15.0. The molecule has 1 N–H and O–H groups in total. The fourth-order valence-electron chi connectivity index (χ4n) is 4.84. The molecule has 0 spiro atoms. The molecule has 3 aromatic carbocycles. The molecule has 4 rings (SSSR count). The Morgan fingerprint density at radius 1 is 1.00 bits per heavy atom. The number of nitrogens with one attached hydrogen (secondary N) is 1. The van der Waals surface area contributed by atoms with Gasteiger partial charge in [0.2, 0.25) is 11.8 Å². The van der Waals surface area contributed by atoms with Crippen LogP contribution in [-0.2, 0) is 26.2 Å². The van der Waals surface area contributed by atoms with Crippen molar-refractivity contribution in [3.63, 3.8) is 0 Å². The number of anilines is 1. The lowest BCUT2D eigenvalue weighted by Gasteiger charge is -2.32. The van der Waals surface area contributed by atoms with Crippen molar-refractivity contribution in [1.29, 1.82) is 0 Å². The second-order valence-electron chi connectivity index (χ2n) is 9.99. The van der Waals surface area contributed by atoms with Gasteiger partial charge in [0, 0.05) is 40.3 Å². The van der Waals surface area contributed by atoms with E-state index in [-0.39, 0.29) is 38.9 Å². The first-order valence-electron chi connectivity index (χ1n) is 13.3. The molecule has 0 radical (unpaired) electrons. The summed E-state index contributed by atoms with van der Waals surface area (Å²) < 4.78 is 28.5. The molecule has 0 aromatic heterocycles. The van der Waals surface area contributed by atoms with Crippen molar-refractivity contribution in [2.75, 3.05) is 10.8 Å². The van der Waals surface area contributed by atoms with Gasteiger partial charge in [-0.15, -0.1) is 0 Å². The SMILES string of the molecule is CC(C(=O)NC1CCCC1)N(Cc1c(Cl)cccc1Cl)C(=O)CN(c1cccc([N+](=O)[O-])c1)S(=O)(=O)c1ccccc1. The molecule has 0 aliphatic heterocycles. The largest absolute Gasteiger partial charge is 0.352 e. The van der Waals surface area contributed by atoms with Crippen LogP contribution >= 0.6 is 23.2 Å². The summed E-state index contributed by atoms with van der Waals surface area (Å²) in [6.45, 7) is 0.628. The highest BCUT2D eigenvalue weighted by Gasteiger charge is 2.34. The number of nitro groups is 1. The number of nitrogens with zero attached hydrogens (tertiary/aromatic N) is 3. The molecule has 1 unspecified atom stereocenters. The number of carbonyl (C=O) groups is 2. The number of non-ortho nitro benzene ring substituents is 1. The van der Waals surface area contributed by atoms with Crippen LogP contribution in [0.5, 0.6) is 0 Å². The van der Waals surface area contributed by atoms with Crippen LogP contribution in [0.25, 0.3) is 0 Å². The molecule has 1 atom stereocenters. The maximum absolute atomic E-state index is 14.1. The predicted molar refractivity (Wildman–Crippen MR) is 161 cm³/mol. The molecule has 1 saturated carbocycles. The number of sulfonamides is 1. The van der Waals surface area contributed by atoms with Gasteiger partial charge in [0.05, 0.1) is 15.5 Å². The third-order valence-electron chi connectivity index (χ3n) is 7.20. The number of nitro benzene ring substituents is 1. The Balaban J connectivity index is 1.74. The summed E-state index contributed by atoms with van der Waals surface area (Å²) in [6.07, 6.45) is 3.65. The Kier molecular flexibility index (Phi) is 10.1. The first-order chi connectivity index (χ1) is 20.0. The molecule has 10 nitrogen and oxygen atoms in total. The molecular formula is C29H30Cl2N4O6S. The minimum Gasteiger partial charge on any atom is -0.352 e. The normalized spacial score (nSPS) is 14.3.